The van der Waals surface area contributed by atoms with E-state index >= 15 is 0 Å². The van der Waals surface area contributed by atoms with Gasteiger partial charge in [-0.25, -0.2) is 4.79 Å². The number of hydrogen-bond donors (Lipinski definition) is 2. The van der Waals surface area contributed by atoms with Crippen LogP contribution in [-0.2, 0) is 0 Å². The number of terminal acetylenes is 1. The maximum atomic E-state index is 11.1. The van der Waals surface area contributed by atoms with Crippen LogP contribution < -0.4 is 5.32 Å². The molecule has 0 saturated carbocycles. The van der Waals surface area contributed by atoms with Crippen molar-refractivity contribution in [3.8, 4) is 12.3 Å². The minimum Gasteiger partial charge on any atom is -0.396 e. The fourth-order valence-corrected chi connectivity index (χ4v) is 1.09. The van der Waals surface area contributed by atoms with Crippen LogP contribution in [0.15, 0.2) is 0 Å². The van der Waals surface area contributed by atoms with E-state index < -0.39 is 0 Å². The zero-order chi connectivity index (χ0) is 8.97. The Balaban J connectivity index is 2.16. The third-order valence-electron chi connectivity index (χ3n) is 1.84. The number of aliphatic hydroxyl groups excluding tert-OH is 1. The second-order valence-corrected chi connectivity index (χ2v) is 2.82. The maximum Gasteiger partial charge on any atom is 0.318 e. The molecule has 2 amide bonds. The predicted molar refractivity (Wildman–Crippen MR) is 44.4 cm³/mol. The fourth-order valence-electron chi connectivity index (χ4n) is 1.09. The number of urea groups is 1. The van der Waals surface area contributed by atoms with Crippen molar-refractivity contribution >= 4 is 6.03 Å². The molecule has 12 heavy (non-hydrogen) atoms. The van der Waals surface area contributed by atoms with E-state index in [-0.39, 0.29) is 25.1 Å². The lowest BCUT2D eigenvalue weighted by atomic mass is 10.0. The highest BCUT2D eigenvalue weighted by Crippen LogP contribution is 2.13. The van der Waals surface area contributed by atoms with Gasteiger partial charge >= 0.3 is 6.03 Å². The quantitative estimate of drug-likeness (QED) is 0.533. The average molecular weight is 168 g/mol. The van der Waals surface area contributed by atoms with Crippen LogP contribution in [0.25, 0.3) is 0 Å². The van der Waals surface area contributed by atoms with Crippen molar-refractivity contribution in [1.82, 2.24) is 10.2 Å². The van der Waals surface area contributed by atoms with Gasteiger partial charge in [-0.1, -0.05) is 5.92 Å². The lowest BCUT2D eigenvalue weighted by Crippen LogP contribution is -2.54. The minimum atomic E-state index is -0.141. The van der Waals surface area contributed by atoms with Gasteiger partial charge in [0, 0.05) is 25.6 Å². The van der Waals surface area contributed by atoms with Crippen molar-refractivity contribution in [2.45, 2.75) is 0 Å². The summed E-state index contributed by atoms with van der Waals surface area (Å²) in [7, 11) is 0. The van der Waals surface area contributed by atoms with Crippen LogP contribution >= 0.6 is 0 Å². The zero-order valence-electron chi connectivity index (χ0n) is 6.79. The Hall–Kier alpha value is -1.21. The lowest BCUT2D eigenvalue weighted by molar-refractivity contribution is 0.0782. The number of nitrogens with one attached hydrogen (secondary N) is 1. The van der Waals surface area contributed by atoms with E-state index in [0.717, 1.165) is 0 Å². The second kappa shape index (κ2) is 3.98. The van der Waals surface area contributed by atoms with Gasteiger partial charge < -0.3 is 15.3 Å². The van der Waals surface area contributed by atoms with Gasteiger partial charge in [-0.3, -0.25) is 0 Å². The van der Waals surface area contributed by atoms with E-state index in [9.17, 15) is 4.79 Å². The molecule has 0 radical (unpaired) electrons. The highest BCUT2D eigenvalue weighted by Gasteiger charge is 2.29. The molecule has 0 aromatic carbocycles. The number of likely N-dealkylation sites (tertiary alicyclic amines) is 1. The van der Waals surface area contributed by atoms with Crippen LogP contribution in [0.2, 0.25) is 0 Å². The maximum absolute atomic E-state index is 11.1. The molecular formula is C8H12N2O2. The Kier molecular flexibility index (Phi) is 2.94. The van der Waals surface area contributed by atoms with Gasteiger partial charge in [0.05, 0.1) is 6.54 Å². The predicted octanol–water partition coefficient (Wildman–Crippen LogP) is -0.747. The third-order valence-corrected chi connectivity index (χ3v) is 1.84. The van der Waals surface area contributed by atoms with Crippen molar-refractivity contribution < 1.29 is 9.90 Å². The number of amides is 2. The first-order chi connectivity index (χ1) is 5.77. The molecule has 1 heterocycles. The van der Waals surface area contributed by atoms with Gasteiger partial charge in [-0.2, -0.15) is 0 Å². The zero-order valence-corrected chi connectivity index (χ0v) is 6.79. The summed E-state index contributed by atoms with van der Waals surface area (Å²) in [6.45, 7) is 1.68. The summed E-state index contributed by atoms with van der Waals surface area (Å²) in [6, 6.07) is -0.141. The van der Waals surface area contributed by atoms with Crippen LogP contribution in [0.4, 0.5) is 4.79 Å². The topological polar surface area (TPSA) is 52.6 Å². The first-order valence-electron chi connectivity index (χ1n) is 3.85. The molecule has 2 N–H and O–H groups in total. The normalized spacial score (nSPS) is 16.5. The van der Waals surface area contributed by atoms with E-state index in [1.807, 2.05) is 0 Å². The van der Waals surface area contributed by atoms with Crippen molar-refractivity contribution in [1.29, 1.82) is 0 Å². The van der Waals surface area contributed by atoms with Crippen molar-refractivity contribution in [3.05, 3.63) is 0 Å². The largest absolute Gasteiger partial charge is 0.396 e. The molecule has 0 unspecified atom stereocenters. The van der Waals surface area contributed by atoms with Crippen LogP contribution in [0, 0.1) is 18.3 Å². The number of aliphatic hydroxyl groups is 1. The van der Waals surface area contributed by atoms with Crippen molar-refractivity contribution in [2.75, 3.05) is 26.2 Å². The molecule has 1 fully saturated rings. The SMILES string of the molecule is C#CCNC(=O)N1CC(CO)C1. The monoisotopic (exact) mass is 168 g/mol. The van der Waals surface area contributed by atoms with E-state index in [0.29, 0.717) is 13.1 Å². The van der Waals surface area contributed by atoms with Crippen LogP contribution in [0.3, 0.4) is 0 Å². The van der Waals surface area contributed by atoms with Crippen molar-refractivity contribution in [2.24, 2.45) is 5.92 Å². The molecule has 1 saturated heterocycles. The van der Waals surface area contributed by atoms with E-state index in [1.165, 1.54) is 0 Å². The molecule has 0 aromatic heterocycles. The second-order valence-electron chi connectivity index (χ2n) is 2.82. The van der Waals surface area contributed by atoms with Crippen LogP contribution in [-0.4, -0.2) is 42.3 Å². The number of nitrogens with zero attached hydrogens (tertiary/aromatic N) is 1. The highest BCUT2D eigenvalue weighted by molar-refractivity contribution is 5.75. The molecule has 0 aromatic rings. The molecule has 0 atom stereocenters. The van der Waals surface area contributed by atoms with E-state index in [4.69, 9.17) is 11.5 Å². The van der Waals surface area contributed by atoms with Crippen LogP contribution in [0.1, 0.15) is 0 Å². The summed E-state index contributed by atoms with van der Waals surface area (Å²) >= 11 is 0. The summed E-state index contributed by atoms with van der Waals surface area (Å²) in [5.41, 5.74) is 0. The number of hydrogen-bond acceptors (Lipinski definition) is 2. The van der Waals surface area contributed by atoms with Gasteiger partial charge in [0.15, 0.2) is 0 Å². The Bertz CT molecular complexity index is 204. The average Bonchev–Trinajstić information content (AvgIpc) is 1.99. The van der Waals surface area contributed by atoms with Gasteiger partial charge in [-0.05, 0) is 0 Å². The fraction of sp³-hybridized carbons (Fsp3) is 0.625. The number of carbonyl (C=O) groups is 1. The molecule has 0 spiro atoms. The number of carbonyl (C=O) groups excluding carboxylic acids is 1. The molecule has 4 heteroatoms. The summed E-state index contributed by atoms with van der Waals surface area (Å²) in [4.78, 5) is 12.7. The Morgan fingerprint density at radius 1 is 1.75 bits per heavy atom. The lowest BCUT2D eigenvalue weighted by Gasteiger charge is -2.37. The van der Waals surface area contributed by atoms with Gasteiger partial charge in [-0.15, -0.1) is 6.42 Å². The third kappa shape index (κ3) is 1.89. The van der Waals surface area contributed by atoms with Crippen molar-refractivity contribution in [3.63, 3.8) is 0 Å². The summed E-state index contributed by atoms with van der Waals surface area (Å²) < 4.78 is 0. The Morgan fingerprint density at radius 2 is 2.42 bits per heavy atom. The summed E-state index contributed by atoms with van der Waals surface area (Å²) in [5, 5.41) is 11.2. The first kappa shape index (κ1) is 8.88. The molecule has 1 rings (SSSR count). The molecule has 4 nitrogen and oxygen atoms in total. The minimum absolute atomic E-state index is 0.141. The van der Waals surface area contributed by atoms with E-state index in [2.05, 4.69) is 11.2 Å². The standard InChI is InChI=1S/C8H12N2O2/c1-2-3-9-8(12)10-4-7(5-10)6-11/h1,7,11H,3-6H2,(H,9,12). The molecule has 0 aliphatic carbocycles. The Labute approximate surface area is 71.6 Å². The van der Waals surface area contributed by atoms with Gasteiger partial charge in [0.25, 0.3) is 0 Å². The van der Waals surface area contributed by atoms with E-state index in [1.54, 1.807) is 4.90 Å². The van der Waals surface area contributed by atoms with Crippen LogP contribution in [0.5, 0.6) is 0 Å². The molecule has 1 aliphatic heterocycles. The van der Waals surface area contributed by atoms with Gasteiger partial charge in [0.2, 0.25) is 0 Å². The smallest absolute Gasteiger partial charge is 0.318 e. The first-order valence-corrected chi connectivity index (χ1v) is 3.85. The number of rotatable bonds is 2. The molecular weight excluding hydrogens is 156 g/mol. The molecule has 0 bridgehead atoms. The Morgan fingerprint density at radius 3 is 2.92 bits per heavy atom. The van der Waals surface area contributed by atoms with Gasteiger partial charge in [0.1, 0.15) is 0 Å². The summed E-state index contributed by atoms with van der Waals surface area (Å²) in [5.74, 6) is 2.57. The summed E-state index contributed by atoms with van der Waals surface area (Å²) in [6.07, 6.45) is 4.97. The molecule has 1 aliphatic rings. The highest BCUT2D eigenvalue weighted by atomic mass is 16.3. The molecule has 66 valence electrons.